The van der Waals surface area contributed by atoms with Crippen molar-refractivity contribution in [2.75, 3.05) is 10.8 Å². The zero-order chi connectivity index (χ0) is 32.6. The predicted molar refractivity (Wildman–Crippen MR) is 176 cm³/mol. The maximum atomic E-state index is 14.4. The molecule has 0 fully saturated rings. The largest absolute Gasteiger partial charge is 0.352 e. The van der Waals surface area contributed by atoms with E-state index >= 15 is 0 Å². The highest BCUT2D eigenvalue weighted by molar-refractivity contribution is 7.92. The van der Waals surface area contributed by atoms with Crippen LogP contribution in [0.2, 0.25) is 5.02 Å². The lowest BCUT2D eigenvalue weighted by Crippen LogP contribution is -2.54. The number of carbonyl (C=O) groups is 2. The first-order chi connectivity index (χ1) is 21.5. The molecule has 45 heavy (non-hydrogen) atoms. The molecule has 0 aromatic heterocycles. The van der Waals surface area contributed by atoms with Crippen molar-refractivity contribution < 1.29 is 22.4 Å². The molecule has 0 spiro atoms. The van der Waals surface area contributed by atoms with Crippen LogP contribution in [0.5, 0.6) is 0 Å². The number of hydrogen-bond acceptors (Lipinski definition) is 4. The molecule has 0 aliphatic heterocycles. The van der Waals surface area contributed by atoms with Gasteiger partial charge < -0.3 is 10.2 Å². The molecule has 7 nitrogen and oxygen atoms in total. The van der Waals surface area contributed by atoms with Gasteiger partial charge in [-0.3, -0.25) is 13.9 Å². The summed E-state index contributed by atoms with van der Waals surface area (Å²) in [6.45, 7) is 4.99. The molecule has 0 bridgehead atoms. The third-order valence-electron chi connectivity index (χ3n) is 7.52. The molecule has 236 valence electrons. The number of rotatable bonds is 13. The highest BCUT2D eigenvalue weighted by Gasteiger charge is 2.35. The fourth-order valence-electron chi connectivity index (χ4n) is 4.78. The van der Waals surface area contributed by atoms with Crippen molar-refractivity contribution in [3.63, 3.8) is 0 Å². The van der Waals surface area contributed by atoms with E-state index in [9.17, 15) is 22.4 Å². The maximum absolute atomic E-state index is 14.4. The monoisotopic (exact) mass is 649 g/mol. The van der Waals surface area contributed by atoms with E-state index in [1.807, 2.05) is 51.1 Å². The highest BCUT2D eigenvalue weighted by Crippen LogP contribution is 2.27. The Labute approximate surface area is 269 Å². The van der Waals surface area contributed by atoms with Gasteiger partial charge in [0.1, 0.15) is 18.4 Å². The summed E-state index contributed by atoms with van der Waals surface area (Å²) in [5.41, 5.74) is 2.47. The van der Waals surface area contributed by atoms with Gasteiger partial charge in [0.25, 0.3) is 10.0 Å². The Kier molecular flexibility index (Phi) is 11.4. The Hall–Kier alpha value is -4.21. The number of amides is 2. The van der Waals surface area contributed by atoms with Crippen LogP contribution in [-0.2, 0) is 32.6 Å². The molecule has 0 aliphatic carbocycles. The topological polar surface area (TPSA) is 86.8 Å². The standard InChI is InChI=1S/C35H37ClFN3O4S/c1-4-26(3)38-35(42)33(21-27-9-6-5-7-10-27)39(23-28-15-17-30(37)18-16-28)34(41)24-40(31-12-8-11-29(36)22-31)45(43,44)32-19-13-25(2)14-20-32/h5-20,22,26,33H,4,21,23-24H2,1-3H3,(H,38,42)/t26-,33-/m1/s1. The summed E-state index contributed by atoms with van der Waals surface area (Å²) in [5, 5.41) is 3.29. The summed E-state index contributed by atoms with van der Waals surface area (Å²) in [4.78, 5) is 29.7. The number of aryl methyl sites for hydroxylation is 1. The molecule has 0 saturated carbocycles. The van der Waals surface area contributed by atoms with Crippen molar-refractivity contribution >= 4 is 39.1 Å². The summed E-state index contributed by atoms with van der Waals surface area (Å²) >= 11 is 6.27. The van der Waals surface area contributed by atoms with Crippen LogP contribution < -0.4 is 9.62 Å². The van der Waals surface area contributed by atoms with Crippen molar-refractivity contribution in [2.45, 2.75) is 57.1 Å². The van der Waals surface area contributed by atoms with E-state index in [-0.39, 0.29) is 35.5 Å². The van der Waals surface area contributed by atoms with Gasteiger partial charge in [0.15, 0.2) is 0 Å². The first kappa shape index (κ1) is 33.7. The fourth-order valence-corrected chi connectivity index (χ4v) is 6.37. The van der Waals surface area contributed by atoms with Crippen LogP contribution in [0.25, 0.3) is 0 Å². The van der Waals surface area contributed by atoms with Gasteiger partial charge >= 0.3 is 0 Å². The lowest BCUT2D eigenvalue weighted by molar-refractivity contribution is -0.140. The summed E-state index contributed by atoms with van der Waals surface area (Å²) in [5.74, 6) is -1.43. The minimum absolute atomic E-state index is 0.00121. The molecule has 0 heterocycles. The Bertz CT molecular complexity index is 1700. The maximum Gasteiger partial charge on any atom is 0.264 e. The molecular weight excluding hydrogens is 613 g/mol. The number of carbonyl (C=O) groups excluding carboxylic acids is 2. The van der Waals surface area contributed by atoms with Crippen LogP contribution in [-0.4, -0.2) is 43.8 Å². The average Bonchev–Trinajstić information content (AvgIpc) is 3.02. The first-order valence-corrected chi connectivity index (χ1v) is 16.5. The van der Waals surface area contributed by atoms with E-state index in [0.29, 0.717) is 17.0 Å². The molecule has 2 atom stereocenters. The number of anilines is 1. The number of sulfonamides is 1. The lowest BCUT2D eigenvalue weighted by atomic mass is 10.0. The molecule has 0 radical (unpaired) electrons. The van der Waals surface area contributed by atoms with Crippen LogP contribution in [0.1, 0.15) is 37.0 Å². The highest BCUT2D eigenvalue weighted by atomic mass is 35.5. The normalized spacial score (nSPS) is 12.6. The van der Waals surface area contributed by atoms with Crippen molar-refractivity contribution in [3.05, 3.63) is 131 Å². The van der Waals surface area contributed by atoms with E-state index in [4.69, 9.17) is 11.6 Å². The van der Waals surface area contributed by atoms with Crippen molar-refractivity contribution in [1.82, 2.24) is 10.2 Å². The van der Waals surface area contributed by atoms with Crippen molar-refractivity contribution in [2.24, 2.45) is 0 Å². The molecule has 0 unspecified atom stereocenters. The molecule has 4 aromatic carbocycles. The Balaban J connectivity index is 1.80. The van der Waals surface area contributed by atoms with Crippen molar-refractivity contribution in [1.29, 1.82) is 0 Å². The molecular formula is C35H37ClFN3O4S. The smallest absolute Gasteiger partial charge is 0.264 e. The number of halogens is 2. The summed E-state index contributed by atoms with van der Waals surface area (Å²) in [6, 6.07) is 26.4. The minimum atomic E-state index is -4.25. The number of hydrogen-bond donors (Lipinski definition) is 1. The van der Waals surface area contributed by atoms with E-state index in [2.05, 4.69) is 5.32 Å². The third kappa shape index (κ3) is 8.93. The lowest BCUT2D eigenvalue weighted by Gasteiger charge is -2.34. The van der Waals surface area contributed by atoms with E-state index < -0.39 is 34.3 Å². The average molecular weight is 650 g/mol. The molecule has 2 amide bonds. The Morgan fingerprint density at radius 3 is 2.18 bits per heavy atom. The van der Waals surface area contributed by atoms with Gasteiger partial charge in [-0.25, -0.2) is 12.8 Å². The molecule has 0 saturated heterocycles. The van der Waals surface area contributed by atoms with E-state index in [1.54, 1.807) is 42.5 Å². The second-order valence-electron chi connectivity index (χ2n) is 11.0. The zero-order valence-electron chi connectivity index (χ0n) is 25.5. The van der Waals surface area contributed by atoms with Crippen LogP contribution >= 0.6 is 11.6 Å². The van der Waals surface area contributed by atoms with Crippen LogP contribution in [0.3, 0.4) is 0 Å². The van der Waals surface area contributed by atoms with Gasteiger partial charge in [-0.05, 0) is 73.9 Å². The van der Waals surface area contributed by atoms with Gasteiger partial charge in [-0.1, -0.05) is 84.8 Å². The van der Waals surface area contributed by atoms with Crippen LogP contribution in [0.15, 0.2) is 108 Å². The third-order valence-corrected chi connectivity index (χ3v) is 9.55. The minimum Gasteiger partial charge on any atom is -0.352 e. The van der Waals surface area contributed by atoms with E-state index in [1.165, 1.54) is 35.2 Å². The molecule has 10 heteroatoms. The fraction of sp³-hybridized carbons (Fsp3) is 0.257. The molecule has 0 aliphatic rings. The number of nitrogens with one attached hydrogen (secondary N) is 1. The number of benzene rings is 4. The zero-order valence-corrected chi connectivity index (χ0v) is 27.1. The van der Waals surface area contributed by atoms with Gasteiger partial charge in [0.2, 0.25) is 11.8 Å². The second-order valence-corrected chi connectivity index (χ2v) is 13.3. The van der Waals surface area contributed by atoms with Crippen molar-refractivity contribution in [3.8, 4) is 0 Å². The van der Waals surface area contributed by atoms with Crippen LogP contribution in [0, 0.1) is 12.7 Å². The van der Waals surface area contributed by atoms with Gasteiger partial charge in [0, 0.05) is 24.0 Å². The summed E-state index contributed by atoms with van der Waals surface area (Å²) < 4.78 is 43.0. The van der Waals surface area contributed by atoms with Crippen LogP contribution in [0.4, 0.5) is 10.1 Å². The summed E-state index contributed by atoms with van der Waals surface area (Å²) in [7, 11) is -4.25. The predicted octanol–water partition coefficient (Wildman–Crippen LogP) is 6.54. The number of nitrogens with zero attached hydrogens (tertiary/aromatic N) is 2. The summed E-state index contributed by atoms with van der Waals surface area (Å²) in [6.07, 6.45) is 0.852. The molecule has 4 aromatic rings. The molecule has 1 N–H and O–H groups in total. The Morgan fingerprint density at radius 2 is 1.56 bits per heavy atom. The SMILES string of the molecule is CC[C@@H](C)NC(=O)[C@@H](Cc1ccccc1)N(Cc1ccc(F)cc1)C(=O)CN(c1cccc(Cl)c1)S(=O)(=O)c1ccc(C)cc1. The van der Waals surface area contributed by atoms with E-state index in [0.717, 1.165) is 15.4 Å². The Morgan fingerprint density at radius 1 is 0.889 bits per heavy atom. The second kappa shape index (κ2) is 15.2. The van der Waals surface area contributed by atoms with Gasteiger partial charge in [-0.2, -0.15) is 0 Å². The van der Waals surface area contributed by atoms with Gasteiger partial charge in [0.05, 0.1) is 10.6 Å². The first-order valence-electron chi connectivity index (χ1n) is 14.7. The van der Waals surface area contributed by atoms with Gasteiger partial charge in [-0.15, -0.1) is 0 Å². The molecule has 4 rings (SSSR count). The quantitative estimate of drug-likeness (QED) is 0.178.